The van der Waals surface area contributed by atoms with Crippen LogP contribution in [0.2, 0.25) is 0 Å². The highest BCUT2D eigenvalue weighted by Crippen LogP contribution is 2.33. The minimum absolute atomic E-state index is 0.283. The SMILES string of the molecule is Cc1ccc2c(c1)[C@@H]([C@H]1CCCN1)OCC2. The van der Waals surface area contributed by atoms with Crippen molar-refractivity contribution in [3.63, 3.8) is 0 Å². The van der Waals surface area contributed by atoms with Crippen molar-refractivity contribution < 1.29 is 4.74 Å². The summed E-state index contributed by atoms with van der Waals surface area (Å²) in [7, 11) is 0. The highest BCUT2D eigenvalue weighted by Gasteiger charge is 2.30. The summed E-state index contributed by atoms with van der Waals surface area (Å²) in [6.07, 6.45) is 3.88. The van der Waals surface area contributed by atoms with Crippen LogP contribution in [0.4, 0.5) is 0 Å². The summed E-state index contributed by atoms with van der Waals surface area (Å²) < 4.78 is 5.98. The van der Waals surface area contributed by atoms with Gasteiger partial charge in [0.25, 0.3) is 0 Å². The molecule has 0 bridgehead atoms. The molecule has 2 atom stereocenters. The zero-order chi connectivity index (χ0) is 11.0. The Hall–Kier alpha value is -0.860. The number of nitrogens with one attached hydrogen (secondary N) is 1. The molecule has 2 aliphatic rings. The van der Waals surface area contributed by atoms with Crippen molar-refractivity contribution in [2.75, 3.05) is 13.2 Å². The van der Waals surface area contributed by atoms with Gasteiger partial charge in [0.15, 0.2) is 0 Å². The molecule has 2 heteroatoms. The van der Waals surface area contributed by atoms with Crippen LogP contribution in [0.3, 0.4) is 0 Å². The maximum absolute atomic E-state index is 5.98. The molecule has 0 spiro atoms. The Morgan fingerprint density at radius 2 is 2.31 bits per heavy atom. The lowest BCUT2D eigenvalue weighted by molar-refractivity contribution is 0.0199. The Morgan fingerprint density at radius 3 is 3.12 bits per heavy atom. The van der Waals surface area contributed by atoms with Crippen molar-refractivity contribution in [2.24, 2.45) is 0 Å². The van der Waals surface area contributed by atoms with Gasteiger partial charge in [0.2, 0.25) is 0 Å². The second-order valence-corrected chi connectivity index (χ2v) is 4.95. The first-order valence-electron chi connectivity index (χ1n) is 6.29. The molecule has 1 fully saturated rings. The van der Waals surface area contributed by atoms with Crippen molar-refractivity contribution in [1.29, 1.82) is 0 Å². The molecule has 0 saturated carbocycles. The van der Waals surface area contributed by atoms with Gasteiger partial charge < -0.3 is 10.1 Å². The Balaban J connectivity index is 1.94. The lowest BCUT2D eigenvalue weighted by Crippen LogP contribution is -2.33. The van der Waals surface area contributed by atoms with E-state index in [1.165, 1.54) is 29.5 Å². The average Bonchev–Trinajstić information content (AvgIpc) is 2.81. The first kappa shape index (κ1) is 10.3. The first-order chi connectivity index (χ1) is 7.84. The lowest BCUT2D eigenvalue weighted by atomic mass is 9.91. The fourth-order valence-electron chi connectivity index (χ4n) is 2.90. The third-order valence-electron chi connectivity index (χ3n) is 3.74. The molecule has 3 rings (SSSR count). The van der Waals surface area contributed by atoms with E-state index in [2.05, 4.69) is 30.4 Å². The van der Waals surface area contributed by atoms with Crippen LogP contribution >= 0.6 is 0 Å². The predicted octanol–water partition coefficient (Wildman–Crippen LogP) is 2.36. The normalized spacial score (nSPS) is 29.1. The topological polar surface area (TPSA) is 21.3 Å². The summed E-state index contributed by atoms with van der Waals surface area (Å²) in [6.45, 7) is 4.18. The number of rotatable bonds is 1. The van der Waals surface area contributed by atoms with Gasteiger partial charge in [-0.05, 0) is 43.9 Å². The van der Waals surface area contributed by atoms with Gasteiger partial charge in [0.1, 0.15) is 0 Å². The summed E-state index contributed by atoms with van der Waals surface area (Å²) in [4.78, 5) is 0. The smallest absolute Gasteiger partial charge is 0.0980 e. The standard InChI is InChI=1S/C14H19NO/c1-10-4-5-11-6-8-16-14(12(11)9-10)13-3-2-7-15-13/h4-5,9,13-15H,2-3,6-8H2,1H3/t13-,14+/m1/s1. The van der Waals surface area contributed by atoms with Crippen LogP contribution in [-0.2, 0) is 11.2 Å². The number of aryl methyl sites for hydroxylation is 1. The molecule has 2 aliphatic heterocycles. The van der Waals surface area contributed by atoms with E-state index in [1.807, 2.05) is 0 Å². The van der Waals surface area contributed by atoms with E-state index in [0.717, 1.165) is 19.6 Å². The van der Waals surface area contributed by atoms with Gasteiger partial charge in [-0.3, -0.25) is 0 Å². The van der Waals surface area contributed by atoms with Gasteiger partial charge in [-0.2, -0.15) is 0 Å². The average molecular weight is 217 g/mol. The summed E-state index contributed by atoms with van der Waals surface area (Å²) in [5, 5.41) is 3.56. The second kappa shape index (κ2) is 4.19. The molecule has 0 amide bonds. The molecule has 2 nitrogen and oxygen atoms in total. The van der Waals surface area contributed by atoms with Gasteiger partial charge in [0, 0.05) is 6.04 Å². The highest BCUT2D eigenvalue weighted by molar-refractivity contribution is 5.35. The van der Waals surface area contributed by atoms with E-state index < -0.39 is 0 Å². The minimum Gasteiger partial charge on any atom is -0.372 e. The molecule has 1 aromatic rings. The number of hydrogen-bond acceptors (Lipinski definition) is 2. The predicted molar refractivity (Wildman–Crippen MR) is 64.6 cm³/mol. The van der Waals surface area contributed by atoms with E-state index in [1.54, 1.807) is 0 Å². The van der Waals surface area contributed by atoms with Gasteiger partial charge in [-0.25, -0.2) is 0 Å². The highest BCUT2D eigenvalue weighted by atomic mass is 16.5. The van der Waals surface area contributed by atoms with Crippen molar-refractivity contribution in [3.05, 3.63) is 34.9 Å². The van der Waals surface area contributed by atoms with Gasteiger partial charge in [0.05, 0.1) is 12.7 Å². The van der Waals surface area contributed by atoms with Crippen LogP contribution in [0.5, 0.6) is 0 Å². The van der Waals surface area contributed by atoms with Crippen molar-refractivity contribution >= 4 is 0 Å². The number of hydrogen-bond donors (Lipinski definition) is 1. The number of fused-ring (bicyclic) bond motifs is 1. The molecule has 0 aromatic heterocycles. The molecular formula is C14H19NO. The van der Waals surface area contributed by atoms with Gasteiger partial charge in [-0.1, -0.05) is 23.8 Å². The van der Waals surface area contributed by atoms with Crippen LogP contribution in [0.1, 0.15) is 35.6 Å². The van der Waals surface area contributed by atoms with E-state index in [4.69, 9.17) is 4.74 Å². The monoisotopic (exact) mass is 217 g/mol. The quantitative estimate of drug-likeness (QED) is 0.779. The van der Waals surface area contributed by atoms with Crippen LogP contribution in [0.25, 0.3) is 0 Å². The van der Waals surface area contributed by atoms with Gasteiger partial charge in [-0.15, -0.1) is 0 Å². The van der Waals surface area contributed by atoms with Crippen molar-refractivity contribution in [2.45, 2.75) is 38.3 Å². The third-order valence-corrected chi connectivity index (χ3v) is 3.74. The van der Waals surface area contributed by atoms with E-state index in [0.29, 0.717) is 6.04 Å². The fourth-order valence-corrected chi connectivity index (χ4v) is 2.90. The molecule has 0 aliphatic carbocycles. The molecule has 0 radical (unpaired) electrons. The summed E-state index contributed by atoms with van der Waals surface area (Å²) in [5.74, 6) is 0. The van der Waals surface area contributed by atoms with Crippen LogP contribution in [0, 0.1) is 6.92 Å². The van der Waals surface area contributed by atoms with Crippen LogP contribution in [-0.4, -0.2) is 19.2 Å². The van der Waals surface area contributed by atoms with Gasteiger partial charge >= 0.3 is 0 Å². The molecule has 16 heavy (non-hydrogen) atoms. The van der Waals surface area contributed by atoms with E-state index in [-0.39, 0.29) is 6.10 Å². The zero-order valence-corrected chi connectivity index (χ0v) is 9.83. The van der Waals surface area contributed by atoms with E-state index >= 15 is 0 Å². The Kier molecular flexibility index (Phi) is 2.70. The molecule has 1 aromatic carbocycles. The largest absolute Gasteiger partial charge is 0.372 e. The zero-order valence-electron chi connectivity index (χ0n) is 9.83. The Labute approximate surface area is 97.0 Å². The summed E-state index contributed by atoms with van der Waals surface area (Å²) in [5.41, 5.74) is 4.24. The van der Waals surface area contributed by atoms with Crippen molar-refractivity contribution in [3.8, 4) is 0 Å². The minimum atomic E-state index is 0.283. The molecule has 1 N–H and O–H groups in total. The van der Waals surface area contributed by atoms with Crippen molar-refractivity contribution in [1.82, 2.24) is 5.32 Å². The Morgan fingerprint density at radius 1 is 1.38 bits per heavy atom. The summed E-state index contributed by atoms with van der Waals surface area (Å²) in [6, 6.07) is 7.32. The third kappa shape index (κ3) is 1.76. The molecule has 2 heterocycles. The van der Waals surface area contributed by atoms with Crippen LogP contribution < -0.4 is 5.32 Å². The van der Waals surface area contributed by atoms with E-state index in [9.17, 15) is 0 Å². The fraction of sp³-hybridized carbons (Fsp3) is 0.571. The second-order valence-electron chi connectivity index (χ2n) is 4.95. The molecular weight excluding hydrogens is 198 g/mol. The Bertz CT molecular complexity index is 382. The molecule has 0 unspecified atom stereocenters. The number of ether oxygens (including phenoxy) is 1. The summed E-state index contributed by atoms with van der Waals surface area (Å²) >= 11 is 0. The maximum Gasteiger partial charge on any atom is 0.0980 e. The number of benzene rings is 1. The molecule has 1 saturated heterocycles. The van der Waals surface area contributed by atoms with Crippen LogP contribution in [0.15, 0.2) is 18.2 Å². The lowest BCUT2D eigenvalue weighted by Gasteiger charge is -2.30. The molecule has 86 valence electrons. The first-order valence-corrected chi connectivity index (χ1v) is 6.29. The maximum atomic E-state index is 5.98.